The number of esters is 2. The predicted molar refractivity (Wildman–Crippen MR) is 120 cm³/mol. The van der Waals surface area contributed by atoms with Gasteiger partial charge < -0.3 is 9.47 Å². The third kappa shape index (κ3) is 13.2. The predicted octanol–water partition coefficient (Wildman–Crippen LogP) is 5.20. The molecule has 8 heteroatoms. The maximum Gasteiger partial charge on any atom is 0.339 e. The molecule has 0 heterocycles. The van der Waals surface area contributed by atoms with E-state index in [1.54, 1.807) is 12.1 Å². The third-order valence-electron chi connectivity index (χ3n) is 4.88. The summed E-state index contributed by atoms with van der Waals surface area (Å²) >= 11 is 0. The van der Waals surface area contributed by atoms with E-state index in [1.165, 1.54) is 50.7 Å². The van der Waals surface area contributed by atoms with Crippen LogP contribution in [0.15, 0.2) is 24.3 Å². The van der Waals surface area contributed by atoms with Gasteiger partial charge in [-0.2, -0.15) is 8.42 Å². The number of carbonyl (C=O) groups excluding carboxylic acids is 2. The van der Waals surface area contributed by atoms with Crippen molar-refractivity contribution in [1.82, 2.24) is 0 Å². The van der Waals surface area contributed by atoms with Crippen LogP contribution >= 0.6 is 0 Å². The molecule has 176 valence electrons. The van der Waals surface area contributed by atoms with E-state index in [0.717, 1.165) is 19.3 Å². The molecule has 0 radical (unpaired) electrons. The number of ether oxygens (including phenoxy) is 2. The van der Waals surface area contributed by atoms with Gasteiger partial charge in [-0.1, -0.05) is 70.4 Å². The molecule has 0 fully saturated rings. The van der Waals surface area contributed by atoms with Crippen molar-refractivity contribution in [2.75, 3.05) is 19.0 Å². The van der Waals surface area contributed by atoms with Crippen LogP contribution in [0.25, 0.3) is 0 Å². The minimum Gasteiger partial charge on any atom is -0.462 e. The normalized spacial score (nSPS) is 11.3. The van der Waals surface area contributed by atoms with E-state index in [0.29, 0.717) is 6.61 Å². The Bertz CT molecular complexity index is 759. The molecule has 1 aromatic carbocycles. The molecular weight excluding hydrogens is 420 g/mol. The molecular formula is C23H36O7S. The highest BCUT2D eigenvalue weighted by Gasteiger charge is 2.19. The van der Waals surface area contributed by atoms with E-state index in [2.05, 4.69) is 6.92 Å². The van der Waals surface area contributed by atoms with Gasteiger partial charge in [0, 0.05) is 0 Å². The molecule has 0 aliphatic rings. The first-order valence-electron chi connectivity index (χ1n) is 11.2. The van der Waals surface area contributed by atoms with E-state index in [4.69, 9.17) is 14.0 Å². The Morgan fingerprint density at radius 3 is 1.61 bits per heavy atom. The second-order valence-electron chi connectivity index (χ2n) is 7.64. The quantitative estimate of drug-likeness (QED) is 0.195. The SMILES string of the molecule is CCCCCCCCCCCOC(=O)c1ccccc1C(=O)OCCCCS(=O)(=O)O. The van der Waals surface area contributed by atoms with Gasteiger partial charge in [0.1, 0.15) is 0 Å². The maximum atomic E-state index is 12.4. The van der Waals surface area contributed by atoms with Gasteiger partial charge >= 0.3 is 11.9 Å². The molecule has 0 aliphatic heterocycles. The van der Waals surface area contributed by atoms with Crippen LogP contribution in [-0.2, 0) is 19.6 Å². The minimum atomic E-state index is -4.02. The first-order valence-corrected chi connectivity index (χ1v) is 12.8. The number of hydrogen-bond donors (Lipinski definition) is 1. The zero-order chi connectivity index (χ0) is 23.0. The highest BCUT2D eigenvalue weighted by atomic mass is 32.2. The van der Waals surface area contributed by atoms with Gasteiger partial charge in [-0.05, 0) is 31.4 Å². The van der Waals surface area contributed by atoms with Crippen molar-refractivity contribution in [2.24, 2.45) is 0 Å². The first kappa shape index (κ1) is 27.1. The summed E-state index contributed by atoms with van der Waals surface area (Å²) in [5.74, 6) is -1.60. The Labute approximate surface area is 186 Å². The van der Waals surface area contributed by atoms with E-state index in [1.807, 2.05) is 0 Å². The summed E-state index contributed by atoms with van der Waals surface area (Å²) in [7, 11) is -4.02. The topological polar surface area (TPSA) is 107 Å². The average molecular weight is 457 g/mol. The van der Waals surface area contributed by atoms with E-state index < -0.39 is 22.1 Å². The van der Waals surface area contributed by atoms with Crippen LogP contribution in [-0.4, -0.2) is 43.9 Å². The molecule has 0 amide bonds. The Kier molecular flexibility index (Phi) is 13.8. The van der Waals surface area contributed by atoms with Crippen molar-refractivity contribution in [2.45, 2.75) is 77.6 Å². The fourth-order valence-corrected chi connectivity index (χ4v) is 3.69. The summed E-state index contributed by atoms with van der Waals surface area (Å²) in [6.07, 6.45) is 11.0. The number of unbranched alkanes of at least 4 members (excludes halogenated alkanes) is 9. The number of rotatable bonds is 17. The van der Waals surface area contributed by atoms with Gasteiger partial charge in [-0.25, -0.2) is 9.59 Å². The highest BCUT2D eigenvalue weighted by Crippen LogP contribution is 2.14. The molecule has 1 N–H and O–H groups in total. The molecule has 0 atom stereocenters. The van der Waals surface area contributed by atoms with E-state index >= 15 is 0 Å². The lowest BCUT2D eigenvalue weighted by atomic mass is 10.1. The maximum absolute atomic E-state index is 12.4. The summed E-state index contributed by atoms with van der Waals surface area (Å²) in [6.45, 7) is 2.52. The van der Waals surface area contributed by atoms with Gasteiger partial charge in [0.2, 0.25) is 0 Å². The van der Waals surface area contributed by atoms with Crippen LogP contribution in [0.4, 0.5) is 0 Å². The smallest absolute Gasteiger partial charge is 0.339 e. The lowest BCUT2D eigenvalue weighted by Crippen LogP contribution is -2.15. The van der Waals surface area contributed by atoms with Crippen LogP contribution in [0.2, 0.25) is 0 Å². The summed E-state index contributed by atoms with van der Waals surface area (Å²) in [4.78, 5) is 24.6. The first-order chi connectivity index (χ1) is 14.8. The number of carbonyl (C=O) groups is 2. The van der Waals surface area contributed by atoms with Crippen molar-refractivity contribution >= 4 is 22.1 Å². The minimum absolute atomic E-state index is 0.00379. The molecule has 0 bridgehead atoms. The van der Waals surface area contributed by atoms with Gasteiger partial charge in [-0.3, -0.25) is 4.55 Å². The second kappa shape index (κ2) is 15.8. The third-order valence-corrected chi connectivity index (χ3v) is 5.68. The summed E-state index contributed by atoms with van der Waals surface area (Å²) < 4.78 is 40.5. The molecule has 1 rings (SSSR count). The van der Waals surface area contributed by atoms with Crippen molar-refractivity contribution in [1.29, 1.82) is 0 Å². The van der Waals surface area contributed by atoms with Crippen LogP contribution in [0.3, 0.4) is 0 Å². The van der Waals surface area contributed by atoms with Crippen LogP contribution in [0.1, 0.15) is 98.3 Å². The van der Waals surface area contributed by atoms with E-state index in [-0.39, 0.29) is 36.3 Å². The highest BCUT2D eigenvalue weighted by molar-refractivity contribution is 7.85. The van der Waals surface area contributed by atoms with Gasteiger partial charge in [0.25, 0.3) is 10.1 Å². The molecule has 0 saturated heterocycles. The number of hydrogen-bond acceptors (Lipinski definition) is 6. The molecule has 0 spiro atoms. The van der Waals surface area contributed by atoms with Gasteiger partial charge in [0.05, 0.1) is 30.1 Å². The van der Waals surface area contributed by atoms with Crippen LogP contribution < -0.4 is 0 Å². The average Bonchev–Trinajstić information content (AvgIpc) is 2.73. The van der Waals surface area contributed by atoms with Crippen molar-refractivity contribution in [3.05, 3.63) is 35.4 Å². The Morgan fingerprint density at radius 2 is 1.16 bits per heavy atom. The molecule has 31 heavy (non-hydrogen) atoms. The molecule has 7 nitrogen and oxygen atoms in total. The van der Waals surface area contributed by atoms with Gasteiger partial charge in [-0.15, -0.1) is 0 Å². The molecule has 0 saturated carbocycles. The molecule has 0 unspecified atom stereocenters. The van der Waals surface area contributed by atoms with Gasteiger partial charge in [0.15, 0.2) is 0 Å². The fourth-order valence-electron chi connectivity index (χ4n) is 3.12. The summed E-state index contributed by atoms with van der Waals surface area (Å²) in [6, 6.07) is 6.30. The monoisotopic (exact) mass is 456 g/mol. The van der Waals surface area contributed by atoms with Crippen LogP contribution in [0.5, 0.6) is 0 Å². The molecule has 0 aliphatic carbocycles. The van der Waals surface area contributed by atoms with Crippen molar-refractivity contribution < 1.29 is 32.0 Å². The fraction of sp³-hybridized carbons (Fsp3) is 0.652. The summed E-state index contributed by atoms with van der Waals surface area (Å²) in [5, 5.41) is 0. The molecule has 1 aromatic rings. The zero-order valence-electron chi connectivity index (χ0n) is 18.5. The van der Waals surface area contributed by atoms with E-state index in [9.17, 15) is 18.0 Å². The summed E-state index contributed by atoms with van der Waals surface area (Å²) in [5.41, 5.74) is 0.274. The number of benzene rings is 1. The Morgan fingerprint density at radius 1 is 0.742 bits per heavy atom. The zero-order valence-corrected chi connectivity index (χ0v) is 19.3. The van der Waals surface area contributed by atoms with Crippen molar-refractivity contribution in [3.8, 4) is 0 Å². The largest absolute Gasteiger partial charge is 0.462 e. The Balaban J connectivity index is 2.31. The standard InChI is InChI=1S/C23H36O7S/c1-2-3-4-5-6-7-8-9-12-17-29-22(24)20-15-10-11-16-21(20)23(25)30-18-13-14-19-31(26,27)28/h10-11,15-16H,2-9,12-14,17-19H2,1H3,(H,26,27,28). The molecule has 0 aromatic heterocycles. The lowest BCUT2D eigenvalue weighted by molar-refractivity contribution is 0.0451. The van der Waals surface area contributed by atoms with Crippen LogP contribution in [0, 0.1) is 0 Å². The lowest BCUT2D eigenvalue weighted by Gasteiger charge is -2.10. The second-order valence-corrected chi connectivity index (χ2v) is 9.21. The Hall–Kier alpha value is -1.93. The van der Waals surface area contributed by atoms with Crippen molar-refractivity contribution in [3.63, 3.8) is 0 Å².